The summed E-state index contributed by atoms with van der Waals surface area (Å²) in [6, 6.07) is 0.728. The van der Waals surface area contributed by atoms with Crippen molar-refractivity contribution in [3.63, 3.8) is 0 Å². The Balaban J connectivity index is 1.88. The molecule has 1 saturated carbocycles. The molecule has 0 aromatic carbocycles. The van der Waals surface area contributed by atoms with Crippen molar-refractivity contribution in [3.05, 3.63) is 21.0 Å². The van der Waals surface area contributed by atoms with Crippen molar-refractivity contribution in [3.8, 4) is 0 Å². The first-order chi connectivity index (χ1) is 10.1. The molecule has 118 valence electrons. The molecule has 1 aliphatic rings. The monoisotopic (exact) mass is 356 g/mol. The Hall–Kier alpha value is -0.880. The Morgan fingerprint density at radius 2 is 2.19 bits per heavy atom. The van der Waals surface area contributed by atoms with Crippen LogP contribution < -0.4 is 10.9 Å². The van der Waals surface area contributed by atoms with Gasteiger partial charge in [0.1, 0.15) is 4.47 Å². The van der Waals surface area contributed by atoms with Gasteiger partial charge in [-0.2, -0.15) is 5.10 Å². The van der Waals surface area contributed by atoms with E-state index >= 15 is 0 Å². The molecule has 1 fully saturated rings. The lowest BCUT2D eigenvalue weighted by atomic mass is 10.2. The zero-order chi connectivity index (χ0) is 15.2. The molecule has 1 aliphatic carbocycles. The second-order valence-corrected chi connectivity index (χ2v) is 6.54. The van der Waals surface area contributed by atoms with Crippen molar-refractivity contribution in [2.45, 2.75) is 51.6 Å². The van der Waals surface area contributed by atoms with E-state index in [2.05, 4.69) is 38.3 Å². The van der Waals surface area contributed by atoms with Crippen LogP contribution in [0, 0.1) is 0 Å². The van der Waals surface area contributed by atoms with E-state index in [0.717, 1.165) is 31.2 Å². The molecular formula is C15H25BrN4O. The minimum absolute atomic E-state index is 0.0639. The first-order valence-corrected chi connectivity index (χ1v) is 8.62. The van der Waals surface area contributed by atoms with Gasteiger partial charge in [0, 0.05) is 25.7 Å². The zero-order valence-electron chi connectivity index (χ0n) is 12.9. The third-order valence-electron chi connectivity index (χ3n) is 4.15. The number of halogens is 1. The summed E-state index contributed by atoms with van der Waals surface area (Å²) in [5.41, 5.74) is 0.721. The summed E-state index contributed by atoms with van der Waals surface area (Å²) < 4.78 is 2.08. The van der Waals surface area contributed by atoms with Crippen molar-refractivity contribution in [2.75, 3.05) is 25.5 Å². The lowest BCUT2D eigenvalue weighted by Gasteiger charge is -2.24. The lowest BCUT2D eigenvalue weighted by molar-refractivity contribution is 0.254. The Labute approximate surface area is 134 Å². The van der Waals surface area contributed by atoms with Crippen LogP contribution in [0.25, 0.3) is 0 Å². The maximum atomic E-state index is 12.1. The average Bonchev–Trinajstić information content (AvgIpc) is 3.00. The highest BCUT2D eigenvalue weighted by Gasteiger charge is 2.19. The van der Waals surface area contributed by atoms with Gasteiger partial charge in [-0.15, -0.1) is 0 Å². The standard InChI is InChI=1S/C15H25BrN4O/c1-3-9-20-15(21)14(16)13(11-18-20)17-8-10-19(2)12-6-4-5-7-12/h11-12,17H,3-10H2,1-2H3. The van der Waals surface area contributed by atoms with Crippen molar-refractivity contribution in [1.29, 1.82) is 0 Å². The molecule has 1 aromatic heterocycles. The van der Waals surface area contributed by atoms with Gasteiger partial charge in [0.25, 0.3) is 5.56 Å². The number of hydrogen-bond donors (Lipinski definition) is 1. The maximum absolute atomic E-state index is 12.1. The molecule has 1 heterocycles. The fraction of sp³-hybridized carbons (Fsp3) is 0.733. The van der Waals surface area contributed by atoms with Crippen LogP contribution in [0.2, 0.25) is 0 Å². The van der Waals surface area contributed by atoms with E-state index in [4.69, 9.17) is 0 Å². The van der Waals surface area contributed by atoms with Gasteiger partial charge in [-0.05, 0) is 42.2 Å². The van der Waals surface area contributed by atoms with Crippen molar-refractivity contribution < 1.29 is 0 Å². The topological polar surface area (TPSA) is 50.2 Å². The molecule has 0 unspecified atom stereocenters. The van der Waals surface area contributed by atoms with E-state index in [-0.39, 0.29) is 5.56 Å². The first kappa shape index (κ1) is 16.5. The highest BCUT2D eigenvalue weighted by molar-refractivity contribution is 9.10. The van der Waals surface area contributed by atoms with Crippen LogP contribution in [0.3, 0.4) is 0 Å². The lowest BCUT2D eigenvalue weighted by Crippen LogP contribution is -2.33. The summed E-state index contributed by atoms with van der Waals surface area (Å²) in [5.74, 6) is 0. The van der Waals surface area contributed by atoms with Crippen molar-refractivity contribution >= 4 is 21.6 Å². The van der Waals surface area contributed by atoms with Gasteiger partial charge in [0.2, 0.25) is 0 Å². The third-order valence-corrected chi connectivity index (χ3v) is 4.91. The Morgan fingerprint density at radius 3 is 2.86 bits per heavy atom. The first-order valence-electron chi connectivity index (χ1n) is 7.83. The van der Waals surface area contributed by atoms with Gasteiger partial charge < -0.3 is 10.2 Å². The number of anilines is 1. The molecule has 0 amide bonds. The predicted molar refractivity (Wildman–Crippen MR) is 89.9 cm³/mol. The quantitative estimate of drug-likeness (QED) is 0.815. The molecule has 1 N–H and O–H groups in total. The van der Waals surface area contributed by atoms with Gasteiger partial charge in [0.05, 0.1) is 11.9 Å². The Morgan fingerprint density at radius 1 is 1.48 bits per heavy atom. The molecule has 6 heteroatoms. The summed E-state index contributed by atoms with van der Waals surface area (Å²) in [6.07, 6.45) is 7.97. The number of hydrogen-bond acceptors (Lipinski definition) is 4. The van der Waals surface area contributed by atoms with Crippen LogP contribution in [0.15, 0.2) is 15.5 Å². The smallest absolute Gasteiger partial charge is 0.283 e. The van der Waals surface area contributed by atoms with Crippen LogP contribution in [0.4, 0.5) is 5.69 Å². The highest BCUT2D eigenvalue weighted by atomic mass is 79.9. The molecule has 0 spiro atoms. The van der Waals surface area contributed by atoms with E-state index in [1.807, 2.05) is 6.92 Å². The molecule has 0 radical (unpaired) electrons. The summed E-state index contributed by atoms with van der Waals surface area (Å²) in [4.78, 5) is 14.5. The second kappa shape index (κ2) is 7.94. The molecule has 2 rings (SSSR count). The number of rotatable bonds is 7. The number of nitrogens with one attached hydrogen (secondary N) is 1. The van der Waals surface area contributed by atoms with Crippen LogP contribution >= 0.6 is 15.9 Å². The molecule has 21 heavy (non-hydrogen) atoms. The molecule has 0 aliphatic heterocycles. The minimum Gasteiger partial charge on any atom is -0.381 e. The number of nitrogens with zero attached hydrogens (tertiary/aromatic N) is 3. The summed E-state index contributed by atoms with van der Waals surface area (Å²) in [6.45, 7) is 4.49. The highest BCUT2D eigenvalue weighted by Crippen LogP contribution is 2.22. The van der Waals surface area contributed by atoms with E-state index in [1.165, 1.54) is 30.4 Å². The number of aryl methyl sites for hydroxylation is 1. The Bertz CT molecular complexity index is 511. The van der Waals surface area contributed by atoms with Gasteiger partial charge in [-0.3, -0.25) is 4.79 Å². The number of likely N-dealkylation sites (N-methyl/N-ethyl adjacent to an activating group) is 1. The predicted octanol–water partition coefficient (Wildman–Crippen LogP) is 2.70. The van der Waals surface area contributed by atoms with Crippen molar-refractivity contribution in [1.82, 2.24) is 14.7 Å². The van der Waals surface area contributed by atoms with E-state index in [1.54, 1.807) is 6.20 Å². The van der Waals surface area contributed by atoms with Gasteiger partial charge >= 0.3 is 0 Å². The van der Waals surface area contributed by atoms with Gasteiger partial charge in [-0.25, -0.2) is 4.68 Å². The molecule has 0 atom stereocenters. The minimum atomic E-state index is -0.0639. The zero-order valence-corrected chi connectivity index (χ0v) is 14.5. The van der Waals surface area contributed by atoms with Crippen LogP contribution in [-0.2, 0) is 6.54 Å². The molecule has 5 nitrogen and oxygen atoms in total. The van der Waals surface area contributed by atoms with Crippen LogP contribution in [-0.4, -0.2) is 40.9 Å². The normalized spacial score (nSPS) is 15.8. The Kier molecular flexibility index (Phi) is 6.23. The summed E-state index contributed by atoms with van der Waals surface area (Å²) in [5, 5.41) is 7.52. The molecule has 0 saturated heterocycles. The molecule has 0 bridgehead atoms. The average molecular weight is 357 g/mol. The fourth-order valence-corrected chi connectivity index (χ4v) is 3.30. The summed E-state index contributed by atoms with van der Waals surface area (Å²) >= 11 is 3.39. The second-order valence-electron chi connectivity index (χ2n) is 5.75. The van der Waals surface area contributed by atoms with E-state index in [0.29, 0.717) is 11.0 Å². The third kappa shape index (κ3) is 4.30. The van der Waals surface area contributed by atoms with E-state index < -0.39 is 0 Å². The SMILES string of the molecule is CCCn1ncc(NCCN(C)C2CCCC2)c(Br)c1=O. The van der Waals surface area contributed by atoms with Gasteiger partial charge in [0.15, 0.2) is 0 Å². The van der Waals surface area contributed by atoms with Gasteiger partial charge in [-0.1, -0.05) is 19.8 Å². The van der Waals surface area contributed by atoms with Crippen LogP contribution in [0.5, 0.6) is 0 Å². The molecular weight excluding hydrogens is 332 g/mol. The largest absolute Gasteiger partial charge is 0.381 e. The van der Waals surface area contributed by atoms with Crippen molar-refractivity contribution in [2.24, 2.45) is 0 Å². The molecule has 1 aromatic rings. The number of aromatic nitrogens is 2. The summed E-state index contributed by atoms with van der Waals surface area (Å²) in [7, 11) is 2.18. The maximum Gasteiger partial charge on any atom is 0.283 e. The van der Waals surface area contributed by atoms with E-state index in [9.17, 15) is 4.79 Å². The fourth-order valence-electron chi connectivity index (χ4n) is 2.85. The van der Waals surface area contributed by atoms with Crippen LogP contribution in [0.1, 0.15) is 39.0 Å².